The number of anilines is 1. The highest BCUT2D eigenvalue weighted by molar-refractivity contribution is 8.27. The van der Waals surface area contributed by atoms with Gasteiger partial charge in [0, 0.05) is 11.9 Å². The van der Waals surface area contributed by atoms with Crippen LogP contribution in [0, 0.1) is 0 Å². The van der Waals surface area contributed by atoms with Crippen LogP contribution in [0.25, 0.3) is 6.08 Å². The van der Waals surface area contributed by atoms with E-state index in [2.05, 4.69) is 4.98 Å². The number of carbonyl (C=O) groups is 2. The van der Waals surface area contributed by atoms with Crippen molar-refractivity contribution in [1.29, 1.82) is 0 Å². The molecule has 1 aromatic heterocycles. The molecule has 0 saturated carbocycles. The van der Waals surface area contributed by atoms with Crippen molar-refractivity contribution in [3.63, 3.8) is 0 Å². The average Bonchev–Trinajstić information content (AvgIpc) is 3.09. The van der Waals surface area contributed by atoms with Gasteiger partial charge in [0.1, 0.15) is 0 Å². The number of carbonyl (C=O) groups excluding carboxylic acids is 1. The summed E-state index contributed by atoms with van der Waals surface area (Å²) in [5.74, 6) is -2.32. The van der Waals surface area contributed by atoms with Gasteiger partial charge in [0.25, 0.3) is 5.91 Å². The number of thiocarbonyl (C=S) groups is 1. The Bertz CT molecular complexity index is 843. The van der Waals surface area contributed by atoms with E-state index in [1.807, 2.05) is 0 Å². The molecular formula is C15H9N2O4S2-. The molecule has 0 radical (unpaired) electrons. The third-order valence-electron chi connectivity index (χ3n) is 3.15. The number of aromatic nitrogens is 1. The summed E-state index contributed by atoms with van der Waals surface area (Å²) in [6.45, 7) is 0. The molecule has 0 bridgehead atoms. The van der Waals surface area contributed by atoms with E-state index < -0.39 is 17.3 Å². The minimum Gasteiger partial charge on any atom is -0.872 e. The van der Waals surface area contributed by atoms with Crippen LogP contribution in [0.3, 0.4) is 0 Å². The van der Waals surface area contributed by atoms with E-state index in [1.165, 1.54) is 11.0 Å². The minimum atomic E-state index is -1.34. The standard InChI is InChI=1S/C15H10N2O4S2/c18-11-4-3-9(7-10(11)14(20)21)17-13(19)12(23-15(17)22)6-8-2-1-5-16-8/h1-7,16,18H,(H,20,21)/p-1/b12-6-. The number of hydrogen-bond donors (Lipinski definition) is 2. The summed E-state index contributed by atoms with van der Waals surface area (Å²) in [4.78, 5) is 28.2. The van der Waals surface area contributed by atoms with E-state index in [-0.39, 0.29) is 15.9 Å². The smallest absolute Gasteiger partial charge is 0.335 e. The molecule has 0 aliphatic carbocycles. The van der Waals surface area contributed by atoms with Crippen LogP contribution in [-0.4, -0.2) is 26.3 Å². The molecule has 1 aromatic carbocycles. The Kier molecular flexibility index (Phi) is 3.93. The van der Waals surface area contributed by atoms with Gasteiger partial charge in [-0.15, -0.1) is 0 Å². The lowest BCUT2D eigenvalue weighted by Crippen LogP contribution is -2.27. The molecule has 1 fully saturated rings. The van der Waals surface area contributed by atoms with Gasteiger partial charge in [0.05, 0.1) is 16.2 Å². The van der Waals surface area contributed by atoms with Crippen LogP contribution in [0.4, 0.5) is 5.69 Å². The molecule has 0 atom stereocenters. The summed E-state index contributed by atoms with van der Waals surface area (Å²) in [7, 11) is 0. The number of aromatic carboxylic acids is 1. The maximum atomic E-state index is 12.5. The minimum absolute atomic E-state index is 0.263. The molecule has 2 heterocycles. The van der Waals surface area contributed by atoms with Gasteiger partial charge in [-0.3, -0.25) is 9.69 Å². The summed E-state index contributed by atoms with van der Waals surface area (Å²) >= 11 is 6.32. The summed E-state index contributed by atoms with van der Waals surface area (Å²) in [5.41, 5.74) is 0.621. The number of thioether (sulfide) groups is 1. The van der Waals surface area contributed by atoms with Gasteiger partial charge in [-0.2, -0.15) is 0 Å². The number of carboxylic acid groups (broad SMARTS) is 1. The zero-order valence-electron chi connectivity index (χ0n) is 11.5. The number of benzene rings is 1. The Hall–Kier alpha value is -2.58. The van der Waals surface area contributed by atoms with Crippen LogP contribution in [0.1, 0.15) is 16.1 Å². The van der Waals surface area contributed by atoms with Crippen LogP contribution in [0.2, 0.25) is 0 Å². The van der Waals surface area contributed by atoms with Gasteiger partial charge in [0.2, 0.25) is 0 Å². The number of aromatic amines is 1. The molecule has 1 aliphatic rings. The van der Waals surface area contributed by atoms with Gasteiger partial charge < -0.3 is 15.2 Å². The van der Waals surface area contributed by atoms with Crippen molar-refractivity contribution in [3.8, 4) is 5.75 Å². The highest BCUT2D eigenvalue weighted by Gasteiger charge is 2.33. The molecule has 1 aliphatic heterocycles. The Labute approximate surface area is 140 Å². The largest absolute Gasteiger partial charge is 0.872 e. The van der Waals surface area contributed by atoms with Crippen molar-refractivity contribution in [1.82, 2.24) is 4.98 Å². The number of carboxylic acids is 1. The lowest BCUT2D eigenvalue weighted by molar-refractivity contribution is -0.268. The van der Waals surface area contributed by atoms with Gasteiger partial charge in [-0.1, -0.05) is 35.8 Å². The maximum absolute atomic E-state index is 12.5. The molecule has 23 heavy (non-hydrogen) atoms. The first-order chi connectivity index (χ1) is 11.0. The number of H-pyrrole nitrogens is 1. The van der Waals surface area contributed by atoms with Gasteiger partial charge in [0.15, 0.2) is 4.32 Å². The number of rotatable bonds is 3. The van der Waals surface area contributed by atoms with Crippen molar-refractivity contribution in [2.75, 3.05) is 4.90 Å². The fourth-order valence-electron chi connectivity index (χ4n) is 2.09. The molecule has 0 unspecified atom stereocenters. The number of amides is 1. The van der Waals surface area contributed by atoms with Gasteiger partial charge in [-0.25, -0.2) is 4.79 Å². The Morgan fingerprint density at radius 1 is 1.39 bits per heavy atom. The highest BCUT2D eigenvalue weighted by Crippen LogP contribution is 2.36. The number of nitrogens with one attached hydrogen (secondary N) is 1. The molecule has 2 aromatic rings. The molecular weight excluding hydrogens is 336 g/mol. The SMILES string of the molecule is O=C(O)c1cc(N2C(=O)/C(=C/c3ccc[nH]3)SC2=S)ccc1[O-]. The zero-order chi connectivity index (χ0) is 16.6. The fraction of sp³-hybridized carbons (Fsp3) is 0. The predicted octanol–water partition coefficient (Wildman–Crippen LogP) is 2.19. The third kappa shape index (κ3) is 2.86. The molecule has 1 amide bonds. The van der Waals surface area contributed by atoms with Crippen molar-refractivity contribution in [2.24, 2.45) is 0 Å². The monoisotopic (exact) mass is 345 g/mol. The van der Waals surface area contributed by atoms with Crippen LogP contribution >= 0.6 is 24.0 Å². The zero-order valence-corrected chi connectivity index (χ0v) is 13.1. The Balaban J connectivity index is 1.98. The molecule has 3 rings (SSSR count). The first-order valence-corrected chi connectivity index (χ1v) is 7.65. The van der Waals surface area contributed by atoms with Gasteiger partial charge in [-0.05, 0) is 30.3 Å². The maximum Gasteiger partial charge on any atom is 0.335 e. The quantitative estimate of drug-likeness (QED) is 0.654. The van der Waals surface area contributed by atoms with E-state index >= 15 is 0 Å². The molecule has 116 valence electrons. The summed E-state index contributed by atoms with van der Waals surface area (Å²) in [6, 6.07) is 7.27. The second-order valence-corrected chi connectivity index (χ2v) is 6.30. The summed E-state index contributed by atoms with van der Waals surface area (Å²) < 4.78 is 0.280. The molecule has 0 spiro atoms. The van der Waals surface area contributed by atoms with Crippen molar-refractivity contribution < 1.29 is 19.8 Å². The van der Waals surface area contributed by atoms with Crippen LogP contribution in [0.5, 0.6) is 5.75 Å². The molecule has 2 N–H and O–H groups in total. The first-order valence-electron chi connectivity index (χ1n) is 6.43. The molecule has 1 saturated heterocycles. The van der Waals surface area contributed by atoms with E-state index in [9.17, 15) is 14.7 Å². The Morgan fingerprint density at radius 3 is 2.83 bits per heavy atom. The van der Waals surface area contributed by atoms with E-state index in [0.29, 0.717) is 4.91 Å². The number of hydrogen-bond acceptors (Lipinski definition) is 5. The fourth-order valence-corrected chi connectivity index (χ4v) is 3.38. The normalized spacial score (nSPS) is 16.3. The Morgan fingerprint density at radius 2 is 2.17 bits per heavy atom. The second kappa shape index (κ2) is 5.90. The van der Waals surface area contributed by atoms with Crippen molar-refractivity contribution >= 4 is 51.9 Å². The van der Waals surface area contributed by atoms with Crippen LogP contribution in [-0.2, 0) is 4.79 Å². The lowest BCUT2D eigenvalue weighted by atomic mass is 10.1. The highest BCUT2D eigenvalue weighted by atomic mass is 32.2. The van der Waals surface area contributed by atoms with Gasteiger partial charge >= 0.3 is 5.97 Å². The molecule has 6 nitrogen and oxygen atoms in total. The predicted molar refractivity (Wildman–Crippen MR) is 89.3 cm³/mol. The van der Waals surface area contributed by atoms with E-state index in [0.717, 1.165) is 29.6 Å². The van der Waals surface area contributed by atoms with Crippen molar-refractivity contribution in [2.45, 2.75) is 0 Å². The topological polar surface area (TPSA) is 96.5 Å². The number of nitrogens with zero attached hydrogens (tertiary/aromatic N) is 1. The first kappa shape index (κ1) is 15.3. The summed E-state index contributed by atoms with van der Waals surface area (Å²) in [6.07, 6.45) is 3.40. The van der Waals surface area contributed by atoms with Crippen LogP contribution < -0.4 is 10.0 Å². The van der Waals surface area contributed by atoms with E-state index in [1.54, 1.807) is 24.4 Å². The second-order valence-electron chi connectivity index (χ2n) is 4.63. The van der Waals surface area contributed by atoms with Crippen molar-refractivity contribution in [3.05, 3.63) is 52.7 Å². The average molecular weight is 345 g/mol. The summed E-state index contributed by atoms with van der Waals surface area (Å²) in [5, 5.41) is 20.6. The third-order valence-corrected chi connectivity index (χ3v) is 4.46. The molecule has 8 heteroatoms. The van der Waals surface area contributed by atoms with E-state index in [4.69, 9.17) is 17.3 Å². The van der Waals surface area contributed by atoms with Crippen LogP contribution in [0.15, 0.2) is 41.4 Å². The lowest BCUT2D eigenvalue weighted by Gasteiger charge is -2.18.